The molecular weight excluding hydrogens is 397 g/mol. The van der Waals surface area contributed by atoms with Crippen LogP contribution in [0.2, 0.25) is 0 Å². The van der Waals surface area contributed by atoms with Crippen molar-refractivity contribution in [2.75, 3.05) is 26.2 Å². The van der Waals surface area contributed by atoms with Gasteiger partial charge in [-0.25, -0.2) is 14.4 Å². The molecule has 0 unspecified atom stereocenters. The average Bonchev–Trinajstić information content (AvgIpc) is 2.72. The Hall–Kier alpha value is -2.87. The van der Waals surface area contributed by atoms with Gasteiger partial charge in [0.2, 0.25) is 5.91 Å². The summed E-state index contributed by atoms with van der Waals surface area (Å²) >= 11 is 0. The molecule has 1 aromatic heterocycles. The second-order valence-electron chi connectivity index (χ2n) is 8.24. The molecular formula is C23H28FN5O2. The van der Waals surface area contributed by atoms with Crippen LogP contribution in [0, 0.1) is 12.7 Å². The predicted octanol–water partition coefficient (Wildman–Crippen LogP) is 2.61. The van der Waals surface area contributed by atoms with Gasteiger partial charge in [0.15, 0.2) is 0 Å². The van der Waals surface area contributed by atoms with Gasteiger partial charge in [-0.15, -0.1) is 0 Å². The van der Waals surface area contributed by atoms with Crippen LogP contribution in [0.4, 0.5) is 4.39 Å². The van der Waals surface area contributed by atoms with Crippen molar-refractivity contribution in [2.45, 2.75) is 45.2 Å². The quantitative estimate of drug-likeness (QED) is 0.770. The molecule has 0 bridgehead atoms. The molecule has 0 saturated carbocycles. The van der Waals surface area contributed by atoms with E-state index >= 15 is 0 Å². The van der Waals surface area contributed by atoms with Crippen LogP contribution in [0.15, 0.2) is 30.5 Å². The molecule has 0 aliphatic carbocycles. The van der Waals surface area contributed by atoms with Crippen molar-refractivity contribution in [2.24, 2.45) is 0 Å². The van der Waals surface area contributed by atoms with E-state index in [1.807, 2.05) is 11.8 Å². The normalized spacial score (nSPS) is 19.0. The van der Waals surface area contributed by atoms with Gasteiger partial charge in [0, 0.05) is 25.8 Å². The summed E-state index contributed by atoms with van der Waals surface area (Å²) in [7, 11) is 0. The van der Waals surface area contributed by atoms with Crippen molar-refractivity contribution in [3.8, 4) is 0 Å². The molecule has 31 heavy (non-hydrogen) atoms. The number of piperidine rings is 1. The molecule has 1 N–H and O–H groups in total. The highest BCUT2D eigenvalue weighted by atomic mass is 19.1. The predicted molar refractivity (Wildman–Crippen MR) is 114 cm³/mol. The molecule has 0 spiro atoms. The Labute approximate surface area is 181 Å². The van der Waals surface area contributed by atoms with Crippen molar-refractivity contribution in [1.82, 2.24) is 25.1 Å². The summed E-state index contributed by atoms with van der Waals surface area (Å²) in [6, 6.07) is 5.94. The zero-order valence-electron chi connectivity index (χ0n) is 17.8. The van der Waals surface area contributed by atoms with Gasteiger partial charge in [-0.3, -0.25) is 14.5 Å². The van der Waals surface area contributed by atoms with Gasteiger partial charge in [0.25, 0.3) is 5.91 Å². The van der Waals surface area contributed by atoms with Crippen LogP contribution in [0.25, 0.3) is 0 Å². The molecule has 2 aliphatic rings. The summed E-state index contributed by atoms with van der Waals surface area (Å²) in [4.78, 5) is 38.5. The van der Waals surface area contributed by atoms with E-state index < -0.39 is 0 Å². The van der Waals surface area contributed by atoms with Gasteiger partial charge in [-0.1, -0.05) is 18.6 Å². The Bertz CT molecular complexity index is 945. The lowest BCUT2D eigenvalue weighted by atomic mass is 9.96. The van der Waals surface area contributed by atoms with E-state index in [1.165, 1.54) is 12.1 Å². The molecule has 7 nitrogen and oxygen atoms in total. The molecule has 0 radical (unpaired) electrons. The number of nitrogens with one attached hydrogen (secondary N) is 1. The molecule has 2 saturated heterocycles. The van der Waals surface area contributed by atoms with Gasteiger partial charge in [0.05, 0.1) is 23.8 Å². The monoisotopic (exact) mass is 425 g/mol. The maximum Gasteiger partial charge on any atom is 0.255 e. The van der Waals surface area contributed by atoms with Crippen LogP contribution in [-0.2, 0) is 11.3 Å². The number of amides is 2. The lowest BCUT2D eigenvalue weighted by Crippen LogP contribution is -2.49. The first-order valence-electron chi connectivity index (χ1n) is 10.9. The summed E-state index contributed by atoms with van der Waals surface area (Å²) in [5, 5.41) is 2.89. The number of nitrogens with zero attached hydrogens (tertiary/aromatic N) is 4. The zero-order chi connectivity index (χ0) is 21.8. The first-order valence-corrected chi connectivity index (χ1v) is 10.9. The largest absolute Gasteiger partial charge is 0.348 e. The number of aryl methyl sites for hydroxylation is 1. The Kier molecular flexibility index (Phi) is 6.56. The number of halogens is 1. The smallest absolute Gasteiger partial charge is 0.255 e. The summed E-state index contributed by atoms with van der Waals surface area (Å²) in [6.45, 7) is 4.92. The number of carbonyl (C=O) groups is 2. The maximum atomic E-state index is 13.1. The number of benzene rings is 1. The van der Waals surface area contributed by atoms with E-state index in [-0.39, 0.29) is 30.2 Å². The van der Waals surface area contributed by atoms with E-state index in [4.69, 9.17) is 0 Å². The Morgan fingerprint density at radius 2 is 1.90 bits per heavy atom. The first-order chi connectivity index (χ1) is 15.0. The van der Waals surface area contributed by atoms with Crippen molar-refractivity contribution in [3.63, 3.8) is 0 Å². The number of likely N-dealkylation sites (tertiary alicyclic amines) is 2. The molecule has 2 amide bonds. The minimum Gasteiger partial charge on any atom is -0.348 e. The molecule has 2 aromatic rings. The van der Waals surface area contributed by atoms with E-state index in [0.717, 1.165) is 50.9 Å². The highest BCUT2D eigenvalue weighted by Crippen LogP contribution is 2.32. The molecule has 1 aromatic carbocycles. The number of hydrogen-bond acceptors (Lipinski definition) is 5. The number of hydrogen-bond donors (Lipinski definition) is 1. The first kappa shape index (κ1) is 21.4. The summed E-state index contributed by atoms with van der Waals surface area (Å²) in [5.41, 5.74) is 1.92. The molecule has 8 heteroatoms. The SMILES string of the molecule is Cc1ncc(C(=O)NCc2ccc(F)cc2)c([C@@H]2CCCCN2CC(=O)N2CCC2)n1. The number of aromatic nitrogens is 2. The van der Waals surface area contributed by atoms with E-state index in [2.05, 4.69) is 20.2 Å². The van der Waals surface area contributed by atoms with E-state index in [1.54, 1.807) is 18.3 Å². The molecule has 164 valence electrons. The van der Waals surface area contributed by atoms with Crippen molar-refractivity contribution in [3.05, 3.63) is 58.9 Å². The fourth-order valence-electron chi connectivity index (χ4n) is 4.13. The third kappa shape index (κ3) is 5.07. The van der Waals surface area contributed by atoms with Crippen molar-refractivity contribution >= 4 is 11.8 Å². The minimum absolute atomic E-state index is 0.0905. The van der Waals surface area contributed by atoms with Crippen LogP contribution in [0.5, 0.6) is 0 Å². The van der Waals surface area contributed by atoms with Crippen LogP contribution in [-0.4, -0.2) is 57.8 Å². The molecule has 1 atom stereocenters. The van der Waals surface area contributed by atoms with Crippen LogP contribution in [0.1, 0.15) is 59.2 Å². The number of rotatable bonds is 6. The van der Waals surface area contributed by atoms with Gasteiger partial charge in [0.1, 0.15) is 11.6 Å². The Balaban J connectivity index is 1.52. The van der Waals surface area contributed by atoms with Crippen LogP contribution >= 0.6 is 0 Å². The van der Waals surface area contributed by atoms with Crippen LogP contribution < -0.4 is 5.32 Å². The van der Waals surface area contributed by atoms with Gasteiger partial charge >= 0.3 is 0 Å². The second kappa shape index (κ2) is 9.51. The molecule has 4 rings (SSSR count). The fraction of sp³-hybridized carbons (Fsp3) is 0.478. The van der Waals surface area contributed by atoms with Gasteiger partial charge < -0.3 is 10.2 Å². The zero-order valence-corrected chi connectivity index (χ0v) is 17.8. The van der Waals surface area contributed by atoms with Gasteiger partial charge in [-0.05, 0) is 50.4 Å². The van der Waals surface area contributed by atoms with Gasteiger partial charge in [-0.2, -0.15) is 0 Å². The Morgan fingerprint density at radius 3 is 2.61 bits per heavy atom. The highest BCUT2D eigenvalue weighted by Gasteiger charge is 2.32. The maximum absolute atomic E-state index is 13.1. The second-order valence-corrected chi connectivity index (χ2v) is 8.24. The van der Waals surface area contributed by atoms with Crippen molar-refractivity contribution in [1.29, 1.82) is 0 Å². The van der Waals surface area contributed by atoms with E-state index in [0.29, 0.717) is 23.6 Å². The Morgan fingerprint density at radius 1 is 1.13 bits per heavy atom. The summed E-state index contributed by atoms with van der Waals surface area (Å²) < 4.78 is 13.1. The third-order valence-electron chi connectivity index (χ3n) is 6.03. The standard InChI is InChI=1S/C23H28FN5O2/c1-16-25-14-19(23(31)26-13-17-6-8-18(24)9-7-17)22(27-16)20-5-2-3-10-29(20)15-21(30)28-11-4-12-28/h6-9,14,20H,2-5,10-13,15H2,1H3,(H,26,31)/t20-/m0/s1. The van der Waals surface area contributed by atoms with Crippen molar-refractivity contribution < 1.29 is 14.0 Å². The third-order valence-corrected chi connectivity index (χ3v) is 6.03. The summed E-state index contributed by atoms with van der Waals surface area (Å²) in [5.74, 6) is 0.171. The lowest BCUT2D eigenvalue weighted by Gasteiger charge is -2.38. The summed E-state index contributed by atoms with van der Waals surface area (Å²) in [6.07, 6.45) is 5.54. The number of carbonyl (C=O) groups excluding carboxylic acids is 2. The molecule has 2 fully saturated rings. The highest BCUT2D eigenvalue weighted by molar-refractivity contribution is 5.95. The minimum atomic E-state index is -0.311. The lowest BCUT2D eigenvalue weighted by molar-refractivity contribution is -0.136. The molecule has 3 heterocycles. The topological polar surface area (TPSA) is 78.4 Å². The molecule has 2 aliphatic heterocycles. The fourth-order valence-corrected chi connectivity index (χ4v) is 4.13. The van der Waals surface area contributed by atoms with Crippen LogP contribution in [0.3, 0.4) is 0 Å². The average molecular weight is 426 g/mol. The van der Waals surface area contributed by atoms with E-state index in [9.17, 15) is 14.0 Å².